The molecule has 2 aromatic rings. The molecule has 0 radical (unpaired) electrons. The number of aryl methyl sites for hydroxylation is 1. The summed E-state index contributed by atoms with van der Waals surface area (Å²) in [7, 11) is 0. The summed E-state index contributed by atoms with van der Waals surface area (Å²) in [6.07, 6.45) is 2.50. The average Bonchev–Trinajstić information content (AvgIpc) is 3.31. The average molecular weight is 402 g/mol. The Kier molecular flexibility index (Phi) is 5.17. The molecule has 2 atom stereocenters. The van der Waals surface area contributed by atoms with Crippen LogP contribution in [0.3, 0.4) is 0 Å². The third-order valence-corrected chi connectivity index (χ3v) is 6.43. The monoisotopic (exact) mass is 402 g/mol. The molecule has 2 aliphatic rings. The summed E-state index contributed by atoms with van der Waals surface area (Å²) < 4.78 is 1.32. The van der Waals surface area contributed by atoms with E-state index in [0.717, 1.165) is 6.42 Å². The number of H-pyrrole nitrogens is 1. The van der Waals surface area contributed by atoms with Crippen LogP contribution >= 0.6 is 11.3 Å². The van der Waals surface area contributed by atoms with Crippen LogP contribution < -0.4 is 11.2 Å². The standard InChI is InChI=1S/C19H22N4O4S/c24-16-3-5-23(19(27)20-16)6-4-17(25)21-7-9-22(10-8-21)18(26)14-12-13(14)15-2-1-11-28-15/h1-3,5,11,13-14H,4,6-10,12H2,(H,20,24,27)/t13-,14-/m1/s1. The highest BCUT2D eigenvalue weighted by Gasteiger charge is 2.46. The Morgan fingerprint density at radius 3 is 2.54 bits per heavy atom. The van der Waals surface area contributed by atoms with E-state index in [1.54, 1.807) is 16.2 Å². The molecule has 28 heavy (non-hydrogen) atoms. The van der Waals surface area contributed by atoms with Crippen molar-refractivity contribution in [2.45, 2.75) is 25.3 Å². The first kappa shape index (κ1) is 18.7. The third kappa shape index (κ3) is 3.94. The maximum absolute atomic E-state index is 12.7. The van der Waals surface area contributed by atoms with E-state index in [9.17, 15) is 19.2 Å². The number of aromatic nitrogens is 2. The van der Waals surface area contributed by atoms with Gasteiger partial charge in [0.15, 0.2) is 0 Å². The number of nitrogens with zero attached hydrogens (tertiary/aromatic N) is 3. The fourth-order valence-electron chi connectivity index (χ4n) is 3.69. The van der Waals surface area contributed by atoms with E-state index in [1.165, 1.54) is 21.7 Å². The van der Waals surface area contributed by atoms with E-state index in [1.807, 2.05) is 16.3 Å². The van der Waals surface area contributed by atoms with Gasteiger partial charge in [-0.05, 0) is 17.9 Å². The van der Waals surface area contributed by atoms with Crippen LogP contribution in [0.15, 0.2) is 39.4 Å². The summed E-state index contributed by atoms with van der Waals surface area (Å²) in [6.45, 7) is 2.36. The number of carbonyl (C=O) groups is 2. The van der Waals surface area contributed by atoms with E-state index < -0.39 is 11.2 Å². The van der Waals surface area contributed by atoms with Crippen LogP contribution in [-0.4, -0.2) is 57.3 Å². The van der Waals surface area contributed by atoms with Crippen molar-refractivity contribution in [2.24, 2.45) is 5.92 Å². The van der Waals surface area contributed by atoms with Gasteiger partial charge in [-0.2, -0.15) is 0 Å². The molecule has 1 saturated carbocycles. The molecule has 2 fully saturated rings. The Hall–Kier alpha value is -2.68. The highest BCUT2D eigenvalue weighted by Crippen LogP contribution is 2.50. The van der Waals surface area contributed by atoms with Crippen molar-refractivity contribution in [3.63, 3.8) is 0 Å². The molecule has 1 aliphatic heterocycles. The second kappa shape index (κ2) is 7.75. The predicted molar refractivity (Wildman–Crippen MR) is 104 cm³/mol. The Labute approximate surface area is 165 Å². The summed E-state index contributed by atoms with van der Waals surface area (Å²) in [5.74, 6) is 0.606. The number of hydrogen-bond donors (Lipinski definition) is 1. The molecular weight excluding hydrogens is 380 g/mol. The maximum atomic E-state index is 12.7. The summed E-state index contributed by atoms with van der Waals surface area (Å²) in [5, 5.41) is 2.04. The van der Waals surface area contributed by atoms with E-state index in [-0.39, 0.29) is 30.7 Å². The number of thiophene rings is 1. The number of amides is 2. The van der Waals surface area contributed by atoms with Gasteiger partial charge in [0.05, 0.1) is 0 Å². The lowest BCUT2D eigenvalue weighted by Gasteiger charge is -2.35. The molecule has 148 valence electrons. The Morgan fingerprint density at radius 1 is 1.11 bits per heavy atom. The Bertz CT molecular complexity index is 972. The second-order valence-electron chi connectivity index (χ2n) is 7.22. The van der Waals surface area contributed by atoms with Gasteiger partial charge in [-0.3, -0.25) is 19.4 Å². The van der Waals surface area contributed by atoms with Crippen molar-refractivity contribution >= 4 is 23.2 Å². The predicted octanol–water partition coefficient (Wildman–Crippen LogP) is 0.463. The number of piperazine rings is 1. The van der Waals surface area contributed by atoms with Crippen molar-refractivity contribution in [3.05, 3.63) is 55.5 Å². The fourth-order valence-corrected chi connectivity index (χ4v) is 4.60. The van der Waals surface area contributed by atoms with Gasteiger partial charge in [0.2, 0.25) is 11.8 Å². The number of aromatic amines is 1. The van der Waals surface area contributed by atoms with Crippen LogP contribution in [0.4, 0.5) is 0 Å². The molecular formula is C19H22N4O4S. The minimum Gasteiger partial charge on any atom is -0.339 e. The lowest BCUT2D eigenvalue weighted by Crippen LogP contribution is -2.51. The molecule has 0 aromatic carbocycles. The summed E-state index contributed by atoms with van der Waals surface area (Å²) >= 11 is 1.70. The first-order valence-corrected chi connectivity index (χ1v) is 10.3. The molecule has 1 aliphatic carbocycles. The van der Waals surface area contributed by atoms with E-state index >= 15 is 0 Å². The topological polar surface area (TPSA) is 95.5 Å². The zero-order chi connectivity index (χ0) is 19.7. The molecule has 0 unspecified atom stereocenters. The molecule has 4 rings (SSSR count). The van der Waals surface area contributed by atoms with E-state index in [4.69, 9.17) is 0 Å². The van der Waals surface area contributed by atoms with Crippen LogP contribution in [-0.2, 0) is 16.1 Å². The number of rotatable bonds is 5. The van der Waals surface area contributed by atoms with Crippen LogP contribution in [0.1, 0.15) is 23.6 Å². The van der Waals surface area contributed by atoms with Crippen molar-refractivity contribution in [2.75, 3.05) is 26.2 Å². The van der Waals surface area contributed by atoms with Crippen LogP contribution in [0.5, 0.6) is 0 Å². The molecule has 2 amide bonds. The normalized spacial score (nSPS) is 21.6. The zero-order valence-electron chi connectivity index (χ0n) is 15.4. The van der Waals surface area contributed by atoms with Gasteiger partial charge in [0, 0.05) is 68.1 Å². The van der Waals surface area contributed by atoms with Crippen molar-refractivity contribution in [1.82, 2.24) is 19.4 Å². The Morgan fingerprint density at radius 2 is 1.86 bits per heavy atom. The van der Waals surface area contributed by atoms with Crippen LogP contribution in [0.2, 0.25) is 0 Å². The van der Waals surface area contributed by atoms with Crippen molar-refractivity contribution in [3.8, 4) is 0 Å². The number of carbonyl (C=O) groups excluding carboxylic acids is 2. The molecule has 3 heterocycles. The van der Waals surface area contributed by atoms with Crippen molar-refractivity contribution in [1.29, 1.82) is 0 Å². The Balaban J connectivity index is 1.25. The van der Waals surface area contributed by atoms with Crippen molar-refractivity contribution < 1.29 is 9.59 Å². The van der Waals surface area contributed by atoms with Gasteiger partial charge in [0.1, 0.15) is 0 Å². The molecule has 0 spiro atoms. The number of nitrogens with one attached hydrogen (secondary N) is 1. The molecule has 2 aromatic heterocycles. The summed E-state index contributed by atoms with van der Waals surface area (Å²) in [5.41, 5.74) is -0.967. The molecule has 8 nitrogen and oxygen atoms in total. The molecule has 0 bridgehead atoms. The largest absolute Gasteiger partial charge is 0.339 e. The van der Waals surface area contributed by atoms with Gasteiger partial charge in [-0.1, -0.05) is 6.07 Å². The van der Waals surface area contributed by atoms with Gasteiger partial charge in [-0.15, -0.1) is 11.3 Å². The second-order valence-corrected chi connectivity index (χ2v) is 8.20. The van der Waals surface area contributed by atoms with Crippen LogP contribution in [0.25, 0.3) is 0 Å². The minimum absolute atomic E-state index is 0.0481. The lowest BCUT2D eigenvalue weighted by molar-refractivity contribution is -0.140. The first-order chi connectivity index (χ1) is 13.5. The molecule has 1 saturated heterocycles. The third-order valence-electron chi connectivity index (χ3n) is 5.42. The highest BCUT2D eigenvalue weighted by molar-refractivity contribution is 7.10. The number of hydrogen-bond acceptors (Lipinski definition) is 5. The quantitative estimate of drug-likeness (QED) is 0.786. The summed E-state index contributed by atoms with van der Waals surface area (Å²) in [6, 6.07) is 5.37. The SMILES string of the molecule is O=C(CCn1ccc(=O)[nH]c1=O)N1CCN(C(=O)[C@@H]2C[C@H]2c2cccs2)CC1. The zero-order valence-corrected chi connectivity index (χ0v) is 16.2. The van der Waals surface area contributed by atoms with Crippen LogP contribution in [0, 0.1) is 5.92 Å². The minimum atomic E-state index is -0.513. The fraction of sp³-hybridized carbons (Fsp3) is 0.474. The van der Waals surface area contributed by atoms with E-state index in [2.05, 4.69) is 11.1 Å². The first-order valence-electron chi connectivity index (χ1n) is 9.42. The van der Waals surface area contributed by atoms with Gasteiger partial charge in [0.25, 0.3) is 5.56 Å². The highest BCUT2D eigenvalue weighted by atomic mass is 32.1. The molecule has 1 N–H and O–H groups in total. The lowest BCUT2D eigenvalue weighted by atomic mass is 10.2. The van der Waals surface area contributed by atoms with Gasteiger partial charge >= 0.3 is 5.69 Å². The molecule has 9 heteroatoms. The van der Waals surface area contributed by atoms with E-state index in [0.29, 0.717) is 32.1 Å². The maximum Gasteiger partial charge on any atom is 0.328 e. The smallest absolute Gasteiger partial charge is 0.328 e. The van der Waals surface area contributed by atoms with Gasteiger partial charge < -0.3 is 14.4 Å². The summed E-state index contributed by atoms with van der Waals surface area (Å²) in [4.78, 5) is 54.9. The van der Waals surface area contributed by atoms with Gasteiger partial charge in [-0.25, -0.2) is 4.79 Å².